The zero-order valence-electron chi connectivity index (χ0n) is 12.6. The Balaban J connectivity index is 2.21. The normalized spacial score (nSPS) is 12.0. The van der Waals surface area contributed by atoms with Crippen LogP contribution >= 0.6 is 0 Å². The number of amides is 1. The molecule has 0 aliphatic heterocycles. The Kier molecular flexibility index (Phi) is 5.07. The van der Waals surface area contributed by atoms with Crippen LogP contribution in [0.2, 0.25) is 0 Å². The number of nitrogens with one attached hydrogen (secondary N) is 1. The van der Waals surface area contributed by atoms with Crippen molar-refractivity contribution in [1.29, 1.82) is 0 Å². The third-order valence-electron chi connectivity index (χ3n) is 3.34. The van der Waals surface area contributed by atoms with Crippen molar-refractivity contribution in [3.05, 3.63) is 65.7 Å². The molecule has 114 valence electrons. The zero-order chi connectivity index (χ0) is 16.1. The van der Waals surface area contributed by atoms with E-state index < -0.39 is 12.0 Å². The van der Waals surface area contributed by atoms with Crippen LogP contribution in [-0.4, -0.2) is 16.8 Å². The first-order chi connectivity index (χ1) is 10.5. The van der Waals surface area contributed by atoms with Crippen LogP contribution in [0.15, 0.2) is 54.6 Å². The van der Waals surface area contributed by atoms with Gasteiger partial charge in [0.05, 0.1) is 5.69 Å². The van der Waals surface area contributed by atoms with Crippen LogP contribution in [0, 0.1) is 5.92 Å². The van der Waals surface area contributed by atoms with Gasteiger partial charge in [0.1, 0.15) is 0 Å². The highest BCUT2D eigenvalue weighted by Crippen LogP contribution is 2.21. The molecular weight excluding hydrogens is 278 g/mol. The largest absolute Gasteiger partial charge is 0.378 e. The molecule has 0 radical (unpaired) electrons. The lowest BCUT2D eigenvalue weighted by Gasteiger charge is -2.15. The smallest absolute Gasteiger partial charge is 0.257 e. The number of aliphatic hydroxyl groups is 1. The fourth-order valence-electron chi connectivity index (χ4n) is 2.11. The average molecular weight is 297 g/mol. The Hall–Kier alpha value is -2.46. The van der Waals surface area contributed by atoms with E-state index in [-0.39, 0.29) is 11.7 Å². The second-order valence-corrected chi connectivity index (χ2v) is 5.37. The van der Waals surface area contributed by atoms with Gasteiger partial charge < -0.3 is 10.4 Å². The molecule has 4 heteroatoms. The number of ketones is 1. The molecule has 22 heavy (non-hydrogen) atoms. The Morgan fingerprint density at radius 2 is 1.55 bits per heavy atom. The van der Waals surface area contributed by atoms with E-state index >= 15 is 0 Å². The standard InChI is InChI=1S/C18H19NO3/c1-12(2)16(20)14-10-6-7-11-15(14)19-18(22)17(21)13-8-4-3-5-9-13/h3-12,17,21H,1-2H3,(H,19,22). The van der Waals surface area contributed by atoms with Gasteiger partial charge in [-0.25, -0.2) is 0 Å². The Morgan fingerprint density at radius 3 is 2.18 bits per heavy atom. The summed E-state index contributed by atoms with van der Waals surface area (Å²) in [7, 11) is 0. The summed E-state index contributed by atoms with van der Waals surface area (Å²) in [6, 6.07) is 15.5. The van der Waals surface area contributed by atoms with Gasteiger partial charge in [-0.3, -0.25) is 9.59 Å². The first-order valence-corrected chi connectivity index (χ1v) is 7.18. The van der Waals surface area contributed by atoms with Gasteiger partial charge in [0, 0.05) is 11.5 Å². The topological polar surface area (TPSA) is 66.4 Å². The Morgan fingerprint density at radius 1 is 0.955 bits per heavy atom. The van der Waals surface area contributed by atoms with Crippen LogP contribution in [-0.2, 0) is 4.79 Å². The number of para-hydroxylation sites is 1. The lowest BCUT2D eigenvalue weighted by molar-refractivity contribution is -0.124. The van der Waals surface area contributed by atoms with Gasteiger partial charge >= 0.3 is 0 Å². The molecule has 0 aliphatic carbocycles. The third-order valence-corrected chi connectivity index (χ3v) is 3.34. The van der Waals surface area contributed by atoms with Crippen molar-refractivity contribution in [2.24, 2.45) is 5.92 Å². The maximum absolute atomic E-state index is 12.2. The summed E-state index contributed by atoms with van der Waals surface area (Å²) in [5, 5.41) is 12.7. The Labute approximate surface area is 129 Å². The summed E-state index contributed by atoms with van der Waals surface area (Å²) in [4.78, 5) is 24.4. The molecule has 2 aromatic rings. The maximum atomic E-state index is 12.2. The number of benzene rings is 2. The highest BCUT2D eigenvalue weighted by Gasteiger charge is 2.20. The van der Waals surface area contributed by atoms with Crippen molar-refractivity contribution in [2.45, 2.75) is 20.0 Å². The van der Waals surface area contributed by atoms with Gasteiger partial charge in [0.2, 0.25) is 0 Å². The molecule has 0 aliphatic rings. The number of Topliss-reactive ketones (excluding diaryl/α,β-unsaturated/α-hetero) is 1. The molecular formula is C18H19NO3. The molecule has 4 nitrogen and oxygen atoms in total. The number of carbonyl (C=O) groups is 2. The summed E-state index contributed by atoms with van der Waals surface area (Å²) in [6.45, 7) is 3.61. The number of rotatable bonds is 5. The van der Waals surface area contributed by atoms with Crippen molar-refractivity contribution in [1.82, 2.24) is 0 Å². The Bertz CT molecular complexity index is 665. The fourth-order valence-corrected chi connectivity index (χ4v) is 2.11. The summed E-state index contributed by atoms with van der Waals surface area (Å²) in [5.41, 5.74) is 1.37. The van der Waals surface area contributed by atoms with E-state index in [1.807, 2.05) is 6.07 Å². The van der Waals surface area contributed by atoms with Gasteiger partial charge in [0.25, 0.3) is 5.91 Å². The van der Waals surface area contributed by atoms with E-state index in [0.29, 0.717) is 16.8 Å². The van der Waals surface area contributed by atoms with Gasteiger partial charge in [0.15, 0.2) is 11.9 Å². The molecule has 1 atom stereocenters. The van der Waals surface area contributed by atoms with E-state index in [2.05, 4.69) is 5.32 Å². The molecule has 0 saturated heterocycles. The molecule has 0 aromatic heterocycles. The van der Waals surface area contributed by atoms with Gasteiger partial charge in [-0.2, -0.15) is 0 Å². The molecule has 0 saturated carbocycles. The van der Waals surface area contributed by atoms with Crippen molar-refractivity contribution < 1.29 is 14.7 Å². The molecule has 2 rings (SSSR count). The molecule has 0 heterocycles. The van der Waals surface area contributed by atoms with Crippen LogP contribution < -0.4 is 5.32 Å². The summed E-state index contributed by atoms with van der Waals surface area (Å²) >= 11 is 0. The molecule has 2 aromatic carbocycles. The fraction of sp³-hybridized carbons (Fsp3) is 0.222. The molecule has 1 unspecified atom stereocenters. The van der Waals surface area contributed by atoms with Gasteiger partial charge in [-0.15, -0.1) is 0 Å². The maximum Gasteiger partial charge on any atom is 0.257 e. The minimum Gasteiger partial charge on any atom is -0.378 e. The zero-order valence-corrected chi connectivity index (χ0v) is 12.6. The molecule has 0 bridgehead atoms. The number of hydrogen-bond acceptors (Lipinski definition) is 3. The van der Waals surface area contributed by atoms with Crippen molar-refractivity contribution >= 4 is 17.4 Å². The quantitative estimate of drug-likeness (QED) is 0.833. The molecule has 0 spiro atoms. The van der Waals surface area contributed by atoms with Crippen molar-refractivity contribution in [3.8, 4) is 0 Å². The van der Waals surface area contributed by atoms with Crippen molar-refractivity contribution in [2.75, 3.05) is 5.32 Å². The third kappa shape index (κ3) is 3.59. The summed E-state index contributed by atoms with van der Waals surface area (Å²) in [5.74, 6) is -0.780. The number of carbonyl (C=O) groups excluding carboxylic acids is 2. The van der Waals surface area contributed by atoms with Gasteiger partial charge in [-0.05, 0) is 17.7 Å². The molecule has 0 fully saturated rings. The van der Waals surface area contributed by atoms with Crippen LogP contribution in [0.5, 0.6) is 0 Å². The van der Waals surface area contributed by atoms with Crippen LogP contribution in [0.4, 0.5) is 5.69 Å². The summed E-state index contributed by atoms with van der Waals surface area (Å²) < 4.78 is 0. The molecule has 2 N–H and O–H groups in total. The van der Waals surface area contributed by atoms with Crippen LogP contribution in [0.1, 0.15) is 35.9 Å². The first kappa shape index (κ1) is 15.9. The second kappa shape index (κ2) is 7.00. The van der Waals surface area contributed by atoms with E-state index in [4.69, 9.17) is 0 Å². The van der Waals surface area contributed by atoms with E-state index in [9.17, 15) is 14.7 Å². The number of aliphatic hydroxyl groups excluding tert-OH is 1. The number of anilines is 1. The number of hydrogen-bond donors (Lipinski definition) is 2. The van der Waals surface area contributed by atoms with Gasteiger partial charge in [-0.1, -0.05) is 56.3 Å². The highest BCUT2D eigenvalue weighted by atomic mass is 16.3. The minimum atomic E-state index is -1.27. The molecule has 1 amide bonds. The van der Waals surface area contributed by atoms with E-state index in [1.54, 1.807) is 62.4 Å². The SMILES string of the molecule is CC(C)C(=O)c1ccccc1NC(=O)C(O)c1ccccc1. The van der Waals surface area contributed by atoms with E-state index in [0.717, 1.165) is 0 Å². The predicted octanol–water partition coefficient (Wildman–Crippen LogP) is 3.20. The minimum absolute atomic E-state index is 0.0508. The van der Waals surface area contributed by atoms with Crippen molar-refractivity contribution in [3.63, 3.8) is 0 Å². The second-order valence-electron chi connectivity index (χ2n) is 5.37. The highest BCUT2D eigenvalue weighted by molar-refractivity contribution is 6.06. The first-order valence-electron chi connectivity index (χ1n) is 7.18. The van der Waals surface area contributed by atoms with E-state index in [1.165, 1.54) is 0 Å². The lowest BCUT2D eigenvalue weighted by Crippen LogP contribution is -2.22. The lowest BCUT2D eigenvalue weighted by atomic mass is 9.99. The predicted molar refractivity (Wildman–Crippen MR) is 85.6 cm³/mol. The summed E-state index contributed by atoms with van der Waals surface area (Å²) in [6.07, 6.45) is -1.27. The van der Waals surface area contributed by atoms with Crippen LogP contribution in [0.25, 0.3) is 0 Å². The monoisotopic (exact) mass is 297 g/mol. The average Bonchev–Trinajstić information content (AvgIpc) is 2.54. The van der Waals surface area contributed by atoms with Crippen LogP contribution in [0.3, 0.4) is 0 Å².